The zero-order valence-electron chi connectivity index (χ0n) is 15.8. The molecule has 1 aliphatic rings. The van der Waals surface area contributed by atoms with Crippen LogP contribution in [0.3, 0.4) is 0 Å². The van der Waals surface area contributed by atoms with Crippen LogP contribution in [0, 0.1) is 6.92 Å². The van der Waals surface area contributed by atoms with Gasteiger partial charge in [0.05, 0.1) is 12.8 Å². The van der Waals surface area contributed by atoms with Gasteiger partial charge in [0.25, 0.3) is 5.91 Å². The second-order valence-corrected chi connectivity index (χ2v) is 7.70. The van der Waals surface area contributed by atoms with E-state index in [1.807, 2.05) is 24.3 Å². The molecule has 1 heterocycles. The lowest BCUT2D eigenvalue weighted by Gasteiger charge is -2.16. The number of ether oxygens (including phenoxy) is 2. The first kappa shape index (κ1) is 19.4. The quantitative estimate of drug-likeness (QED) is 0.763. The van der Waals surface area contributed by atoms with E-state index in [1.165, 1.54) is 11.3 Å². The van der Waals surface area contributed by atoms with Crippen LogP contribution in [-0.2, 0) is 9.53 Å². The molecule has 7 heteroatoms. The van der Waals surface area contributed by atoms with E-state index in [0.29, 0.717) is 10.6 Å². The molecule has 1 aliphatic carbocycles. The van der Waals surface area contributed by atoms with Crippen LogP contribution < -0.4 is 10.1 Å². The van der Waals surface area contributed by atoms with Crippen molar-refractivity contribution in [3.8, 4) is 16.3 Å². The van der Waals surface area contributed by atoms with Gasteiger partial charge in [-0.1, -0.05) is 12.8 Å². The van der Waals surface area contributed by atoms with Crippen LogP contribution in [0.4, 0.5) is 0 Å². The van der Waals surface area contributed by atoms with E-state index in [1.54, 1.807) is 21.0 Å². The average Bonchev–Trinajstić information content (AvgIpc) is 3.31. The van der Waals surface area contributed by atoms with Crippen LogP contribution in [0.1, 0.15) is 48.0 Å². The van der Waals surface area contributed by atoms with Gasteiger partial charge in [-0.15, -0.1) is 11.3 Å². The minimum atomic E-state index is -0.830. The molecule has 0 aliphatic heterocycles. The van der Waals surface area contributed by atoms with Crippen LogP contribution in [0.2, 0.25) is 0 Å². The summed E-state index contributed by atoms with van der Waals surface area (Å²) in [5.74, 6) is 0.000362. The maximum absolute atomic E-state index is 12.5. The highest BCUT2D eigenvalue weighted by Gasteiger charge is 2.25. The Morgan fingerprint density at radius 1 is 1.22 bits per heavy atom. The van der Waals surface area contributed by atoms with Crippen molar-refractivity contribution in [2.45, 2.75) is 51.7 Å². The van der Waals surface area contributed by atoms with E-state index in [2.05, 4.69) is 10.3 Å². The van der Waals surface area contributed by atoms with Crippen molar-refractivity contribution in [3.05, 3.63) is 34.8 Å². The number of nitrogens with one attached hydrogen (secondary N) is 1. The smallest absolute Gasteiger partial charge is 0.351 e. The van der Waals surface area contributed by atoms with Gasteiger partial charge in [-0.2, -0.15) is 0 Å². The Balaban J connectivity index is 1.65. The lowest BCUT2D eigenvalue weighted by Crippen LogP contribution is -2.40. The number of esters is 1. The average molecular weight is 388 g/mol. The lowest BCUT2D eigenvalue weighted by molar-refractivity contribution is -0.129. The van der Waals surface area contributed by atoms with E-state index in [4.69, 9.17) is 9.47 Å². The van der Waals surface area contributed by atoms with Crippen molar-refractivity contribution in [2.24, 2.45) is 0 Å². The summed E-state index contributed by atoms with van der Waals surface area (Å²) >= 11 is 1.26. The van der Waals surface area contributed by atoms with Crippen molar-refractivity contribution in [3.63, 3.8) is 0 Å². The van der Waals surface area contributed by atoms with Crippen LogP contribution in [0.25, 0.3) is 10.6 Å². The Kier molecular flexibility index (Phi) is 6.11. The minimum absolute atomic E-state index is 0.200. The summed E-state index contributed by atoms with van der Waals surface area (Å²) in [4.78, 5) is 29.6. The van der Waals surface area contributed by atoms with Crippen LogP contribution in [0.15, 0.2) is 24.3 Å². The fraction of sp³-hybridized carbons (Fsp3) is 0.450. The second-order valence-electron chi connectivity index (χ2n) is 6.70. The number of nitrogens with zero attached hydrogens (tertiary/aromatic N) is 1. The molecule has 0 spiro atoms. The molecule has 1 N–H and O–H groups in total. The van der Waals surface area contributed by atoms with E-state index in [-0.39, 0.29) is 11.9 Å². The first-order chi connectivity index (χ1) is 13.0. The van der Waals surface area contributed by atoms with Gasteiger partial charge in [-0.25, -0.2) is 9.78 Å². The molecule has 6 nitrogen and oxygen atoms in total. The van der Waals surface area contributed by atoms with E-state index >= 15 is 0 Å². The predicted molar refractivity (Wildman–Crippen MR) is 104 cm³/mol. The molecule has 2 aromatic rings. The van der Waals surface area contributed by atoms with Gasteiger partial charge in [-0.05, 0) is 51.0 Å². The van der Waals surface area contributed by atoms with Gasteiger partial charge < -0.3 is 14.8 Å². The van der Waals surface area contributed by atoms with E-state index in [0.717, 1.165) is 42.0 Å². The molecule has 0 radical (unpaired) electrons. The molecule has 1 aromatic carbocycles. The summed E-state index contributed by atoms with van der Waals surface area (Å²) in [6.45, 7) is 3.37. The first-order valence-corrected chi connectivity index (χ1v) is 9.92. The van der Waals surface area contributed by atoms with Crippen LogP contribution in [-0.4, -0.2) is 36.1 Å². The monoisotopic (exact) mass is 388 g/mol. The van der Waals surface area contributed by atoms with Crippen molar-refractivity contribution in [1.82, 2.24) is 10.3 Å². The molecule has 0 bridgehead atoms. The number of hydrogen-bond acceptors (Lipinski definition) is 6. The van der Waals surface area contributed by atoms with Gasteiger partial charge in [0, 0.05) is 11.6 Å². The van der Waals surface area contributed by atoms with Crippen molar-refractivity contribution in [1.29, 1.82) is 0 Å². The molecule has 144 valence electrons. The number of carbonyl (C=O) groups excluding carboxylic acids is 2. The number of benzene rings is 1. The Labute approximate surface area is 162 Å². The molecule has 1 fully saturated rings. The highest BCUT2D eigenvalue weighted by Crippen LogP contribution is 2.30. The number of aromatic nitrogens is 1. The fourth-order valence-corrected chi connectivity index (χ4v) is 4.05. The van der Waals surface area contributed by atoms with Crippen molar-refractivity contribution < 1.29 is 19.1 Å². The molecule has 1 atom stereocenters. The number of hydrogen-bond donors (Lipinski definition) is 1. The SMILES string of the molecule is COc1ccc(-c2nc(C)c(C(=O)O[C@H](C)C(=O)NC3CCCC3)s2)cc1. The molecule has 0 unspecified atom stereocenters. The summed E-state index contributed by atoms with van der Waals surface area (Å²) in [7, 11) is 1.61. The summed E-state index contributed by atoms with van der Waals surface area (Å²) < 4.78 is 10.5. The third kappa shape index (κ3) is 4.66. The summed E-state index contributed by atoms with van der Waals surface area (Å²) in [6, 6.07) is 7.68. The number of methoxy groups -OCH3 is 1. The van der Waals surface area contributed by atoms with Crippen molar-refractivity contribution >= 4 is 23.2 Å². The summed E-state index contributed by atoms with van der Waals surface area (Å²) in [5, 5.41) is 3.68. The molecular weight excluding hydrogens is 364 g/mol. The Morgan fingerprint density at radius 2 is 1.89 bits per heavy atom. The number of rotatable bonds is 6. The zero-order chi connectivity index (χ0) is 19.4. The number of thiazole rings is 1. The highest BCUT2D eigenvalue weighted by molar-refractivity contribution is 7.17. The largest absolute Gasteiger partial charge is 0.497 e. The highest BCUT2D eigenvalue weighted by atomic mass is 32.1. The maximum atomic E-state index is 12.5. The summed E-state index contributed by atoms with van der Waals surface area (Å²) in [6.07, 6.45) is 3.42. The third-order valence-corrected chi connectivity index (χ3v) is 5.86. The van der Waals surface area contributed by atoms with Crippen LogP contribution >= 0.6 is 11.3 Å². The van der Waals surface area contributed by atoms with E-state index in [9.17, 15) is 9.59 Å². The predicted octanol–water partition coefficient (Wildman–Crippen LogP) is 3.73. The van der Waals surface area contributed by atoms with Crippen molar-refractivity contribution in [2.75, 3.05) is 7.11 Å². The summed E-state index contributed by atoms with van der Waals surface area (Å²) in [5.41, 5.74) is 1.49. The Hall–Kier alpha value is -2.41. The third-order valence-electron chi connectivity index (χ3n) is 4.67. The topological polar surface area (TPSA) is 77.5 Å². The standard InChI is InChI=1S/C20H24N2O4S/c1-12-17(27-19(21-12)14-8-10-16(25-3)11-9-14)20(24)26-13(2)18(23)22-15-6-4-5-7-15/h8-11,13,15H,4-7H2,1-3H3,(H,22,23)/t13-/m1/s1. The van der Waals surface area contributed by atoms with Gasteiger partial charge in [-0.3, -0.25) is 4.79 Å². The molecule has 1 aromatic heterocycles. The molecule has 27 heavy (non-hydrogen) atoms. The van der Waals surface area contributed by atoms with Gasteiger partial charge in [0.2, 0.25) is 0 Å². The minimum Gasteiger partial charge on any atom is -0.497 e. The van der Waals surface area contributed by atoms with E-state index < -0.39 is 12.1 Å². The Morgan fingerprint density at radius 3 is 2.52 bits per heavy atom. The number of amides is 1. The fourth-order valence-electron chi connectivity index (χ4n) is 3.10. The van der Waals surface area contributed by atoms with Gasteiger partial charge in [0.15, 0.2) is 6.10 Å². The molecule has 3 rings (SSSR count). The van der Waals surface area contributed by atoms with Gasteiger partial charge >= 0.3 is 5.97 Å². The lowest BCUT2D eigenvalue weighted by atomic mass is 10.2. The first-order valence-electron chi connectivity index (χ1n) is 9.11. The molecule has 0 saturated heterocycles. The van der Waals surface area contributed by atoms with Crippen LogP contribution in [0.5, 0.6) is 5.75 Å². The maximum Gasteiger partial charge on any atom is 0.351 e. The second kappa shape index (κ2) is 8.52. The zero-order valence-corrected chi connectivity index (χ0v) is 16.6. The normalized spacial score (nSPS) is 15.4. The van der Waals surface area contributed by atoms with Gasteiger partial charge in [0.1, 0.15) is 15.6 Å². The number of aryl methyl sites for hydroxylation is 1. The molecular formula is C20H24N2O4S. The Bertz CT molecular complexity index is 810. The molecule has 1 amide bonds. The molecule has 1 saturated carbocycles. The number of carbonyl (C=O) groups is 2.